The van der Waals surface area contributed by atoms with Gasteiger partial charge in [-0.2, -0.15) is 0 Å². The number of halogens is 2. The number of nitrogens with one attached hydrogen (secondary N) is 4. The molecule has 0 radical (unpaired) electrons. The number of rotatable bonds is 24. The number of hydrogen-bond donors (Lipinski definition) is 4. The number of esters is 2. The number of anilines is 2. The lowest BCUT2D eigenvalue weighted by atomic mass is 9.43. The SMILES string of the molecule is CC(=O)O[C@H]1C[C@H]2[C@@H]([C@H](OC(C)=O)C[C@@H]3C[C@H](NCCCCCCNc4ccnc5cc(Cl)ccc45)CC[C@@]32C)[C@@H]2CC[C@H]([C@H](C)CCCNCCCCCCNc3ccnc4cc(Cl)ccc34)[C@@]12C. The molecule has 4 N–H and O–H groups in total. The molecule has 10 nitrogen and oxygen atoms in total. The number of pyridine rings is 2. The van der Waals surface area contributed by atoms with Crippen molar-refractivity contribution in [2.45, 2.75) is 162 Å². The van der Waals surface area contributed by atoms with Crippen molar-refractivity contribution in [3.63, 3.8) is 0 Å². The molecule has 0 saturated heterocycles. The van der Waals surface area contributed by atoms with Crippen LogP contribution in [0, 0.1) is 46.3 Å². The Hall–Kier alpha value is -3.70. The Labute approximate surface area is 428 Å². The Morgan fingerprint density at radius 1 is 0.686 bits per heavy atom. The number of carbonyl (C=O) groups is 2. The maximum atomic E-state index is 13.0. The van der Waals surface area contributed by atoms with Crippen LogP contribution >= 0.6 is 23.2 Å². The molecule has 2 aromatic carbocycles. The standard InChI is InChI=1S/C58H82Cl2N6O4/c1-38(15-14-27-61-26-10-6-7-12-29-63-50-23-31-65-52-35-42(59)16-18-45(50)52)47-20-21-48-56-49(37-55(58(47,48)5)70-40(3)68)57(4)25-22-44(33-41(57)34-54(56)69-39(2)67)62-28-11-8-9-13-30-64-51-24-32-66-53-36-43(60)17-19-46(51)53/h16-19,23-24,31-32,35-36,38,41,44,47-49,54-56,61-62H,6-15,20-22,25-30,33-34,37H2,1-5H3,(H,63,65)(H,64,66)/t38-,41+,44-,47-,48+,49+,54-,55+,56+,57+,58-/m1/s1. The smallest absolute Gasteiger partial charge is 0.302 e. The molecule has 4 saturated carbocycles. The van der Waals surface area contributed by atoms with Gasteiger partial charge >= 0.3 is 11.9 Å². The lowest BCUT2D eigenvalue weighted by Gasteiger charge is -2.64. The van der Waals surface area contributed by atoms with Crippen molar-refractivity contribution in [3.8, 4) is 0 Å². The topological polar surface area (TPSA) is 126 Å². The fourth-order valence-corrected chi connectivity index (χ4v) is 14.8. The monoisotopic (exact) mass is 997 g/mol. The lowest BCUT2D eigenvalue weighted by molar-refractivity contribution is -0.220. The number of aromatic nitrogens is 2. The summed E-state index contributed by atoms with van der Waals surface area (Å²) in [5, 5.41) is 18.5. The molecular weight excluding hydrogens is 916 g/mol. The first-order valence-electron chi connectivity index (χ1n) is 27.2. The average molecular weight is 998 g/mol. The van der Waals surface area contributed by atoms with Crippen molar-refractivity contribution in [3.05, 3.63) is 71.0 Å². The van der Waals surface area contributed by atoms with Crippen LogP contribution in [0.2, 0.25) is 10.0 Å². The van der Waals surface area contributed by atoms with Crippen molar-refractivity contribution in [2.75, 3.05) is 43.4 Å². The Kier molecular flexibility index (Phi) is 18.3. The van der Waals surface area contributed by atoms with E-state index in [0.29, 0.717) is 51.6 Å². The highest BCUT2D eigenvalue weighted by Crippen LogP contribution is 2.69. The van der Waals surface area contributed by atoms with Crippen molar-refractivity contribution in [2.24, 2.45) is 46.3 Å². The molecule has 4 aliphatic carbocycles. The number of benzene rings is 2. The Morgan fingerprint density at radius 3 is 1.89 bits per heavy atom. The zero-order valence-electron chi connectivity index (χ0n) is 42.8. The number of carbonyl (C=O) groups excluding carboxylic acids is 2. The quantitative estimate of drug-likeness (QED) is 0.0398. The summed E-state index contributed by atoms with van der Waals surface area (Å²) in [4.78, 5) is 34.8. The van der Waals surface area contributed by atoms with E-state index in [1.165, 1.54) is 38.5 Å². The highest BCUT2D eigenvalue weighted by molar-refractivity contribution is 6.31. The van der Waals surface area contributed by atoms with E-state index in [4.69, 9.17) is 32.7 Å². The molecule has 4 aliphatic rings. The molecule has 2 heterocycles. The van der Waals surface area contributed by atoms with Gasteiger partial charge in [0, 0.05) is 88.9 Å². The second-order valence-corrected chi connectivity index (χ2v) is 23.2. The van der Waals surface area contributed by atoms with E-state index in [2.05, 4.69) is 52.0 Å². The Balaban J connectivity index is 0.776. The second-order valence-electron chi connectivity index (χ2n) is 22.3. The summed E-state index contributed by atoms with van der Waals surface area (Å²) in [5.74, 6) is 2.11. The number of nitrogens with zero attached hydrogens (tertiary/aromatic N) is 2. The van der Waals surface area contributed by atoms with Gasteiger partial charge in [-0.25, -0.2) is 0 Å². The molecule has 70 heavy (non-hydrogen) atoms. The summed E-state index contributed by atoms with van der Waals surface area (Å²) in [6, 6.07) is 16.3. The van der Waals surface area contributed by atoms with Crippen LogP contribution in [-0.4, -0.2) is 72.9 Å². The van der Waals surface area contributed by atoms with Crippen LogP contribution in [0.15, 0.2) is 60.9 Å². The summed E-state index contributed by atoms with van der Waals surface area (Å²) in [6.07, 6.45) is 22.7. The van der Waals surface area contributed by atoms with Gasteiger partial charge in [0.05, 0.1) is 11.0 Å². The van der Waals surface area contributed by atoms with Crippen LogP contribution in [-0.2, 0) is 19.1 Å². The molecule has 0 spiro atoms. The van der Waals surface area contributed by atoms with Crippen molar-refractivity contribution in [1.82, 2.24) is 20.6 Å². The van der Waals surface area contributed by atoms with Gasteiger partial charge in [0.1, 0.15) is 12.2 Å². The van der Waals surface area contributed by atoms with Gasteiger partial charge in [-0.15, -0.1) is 0 Å². The van der Waals surface area contributed by atoms with E-state index in [0.717, 1.165) is 137 Å². The Bertz CT molecular complexity index is 2370. The maximum absolute atomic E-state index is 13.0. The first kappa shape index (κ1) is 52.6. The minimum Gasteiger partial charge on any atom is -0.462 e. The normalized spacial score (nSPS) is 28.7. The van der Waals surface area contributed by atoms with E-state index in [1.807, 2.05) is 60.9 Å². The van der Waals surface area contributed by atoms with Gasteiger partial charge < -0.3 is 30.7 Å². The highest BCUT2D eigenvalue weighted by Gasteiger charge is 2.67. The van der Waals surface area contributed by atoms with Gasteiger partial charge in [-0.1, -0.05) is 69.7 Å². The molecule has 8 rings (SSSR count). The first-order valence-corrected chi connectivity index (χ1v) is 28.0. The zero-order valence-corrected chi connectivity index (χ0v) is 44.3. The second kappa shape index (κ2) is 24.3. The van der Waals surface area contributed by atoms with Crippen molar-refractivity contribution >= 4 is 68.3 Å². The largest absolute Gasteiger partial charge is 0.462 e. The van der Waals surface area contributed by atoms with E-state index in [1.54, 1.807) is 13.8 Å². The van der Waals surface area contributed by atoms with Gasteiger partial charge in [0.25, 0.3) is 0 Å². The number of ether oxygens (including phenoxy) is 2. The summed E-state index contributed by atoms with van der Waals surface area (Å²) in [6.45, 7) is 15.6. The van der Waals surface area contributed by atoms with Crippen LogP contribution in [0.3, 0.4) is 0 Å². The summed E-state index contributed by atoms with van der Waals surface area (Å²) < 4.78 is 12.9. The third kappa shape index (κ3) is 12.4. The van der Waals surface area contributed by atoms with E-state index >= 15 is 0 Å². The fraction of sp³-hybridized carbons (Fsp3) is 0.655. The first-order chi connectivity index (χ1) is 33.8. The minimum absolute atomic E-state index is 0.0881. The summed E-state index contributed by atoms with van der Waals surface area (Å²) >= 11 is 12.4. The predicted molar refractivity (Wildman–Crippen MR) is 288 cm³/mol. The molecule has 2 aromatic heterocycles. The zero-order chi connectivity index (χ0) is 49.3. The number of unbranched alkanes of at least 4 members (excludes halogenated alkanes) is 6. The molecule has 382 valence electrons. The molecular formula is C58H82Cl2N6O4. The molecule has 0 amide bonds. The Morgan fingerprint density at radius 2 is 1.27 bits per heavy atom. The predicted octanol–water partition coefficient (Wildman–Crippen LogP) is 13.4. The molecule has 0 aliphatic heterocycles. The molecule has 11 atom stereocenters. The third-order valence-electron chi connectivity index (χ3n) is 18.0. The van der Waals surface area contributed by atoms with Gasteiger partial charge in [0.2, 0.25) is 0 Å². The lowest BCUT2D eigenvalue weighted by Crippen LogP contribution is -2.63. The van der Waals surface area contributed by atoms with Gasteiger partial charge in [-0.3, -0.25) is 19.6 Å². The number of fused-ring (bicyclic) bond motifs is 7. The summed E-state index contributed by atoms with van der Waals surface area (Å²) in [7, 11) is 0. The van der Waals surface area contributed by atoms with Gasteiger partial charge in [0.15, 0.2) is 0 Å². The van der Waals surface area contributed by atoms with E-state index in [-0.39, 0.29) is 35.0 Å². The van der Waals surface area contributed by atoms with E-state index < -0.39 is 0 Å². The molecule has 4 aromatic rings. The van der Waals surface area contributed by atoms with Crippen LogP contribution in [0.5, 0.6) is 0 Å². The van der Waals surface area contributed by atoms with Crippen LogP contribution in [0.1, 0.15) is 144 Å². The third-order valence-corrected chi connectivity index (χ3v) is 18.5. The molecule has 0 unspecified atom stereocenters. The molecule has 12 heteroatoms. The van der Waals surface area contributed by atoms with Gasteiger partial charge in [-0.05, 0) is 187 Å². The fourth-order valence-electron chi connectivity index (χ4n) is 14.5. The van der Waals surface area contributed by atoms with Crippen molar-refractivity contribution < 1.29 is 19.1 Å². The number of hydrogen-bond acceptors (Lipinski definition) is 10. The summed E-state index contributed by atoms with van der Waals surface area (Å²) in [5.41, 5.74) is 4.04. The average Bonchev–Trinajstić information content (AvgIpc) is 3.69. The minimum atomic E-state index is -0.165. The molecule has 0 bridgehead atoms. The van der Waals surface area contributed by atoms with Crippen LogP contribution in [0.25, 0.3) is 21.8 Å². The maximum Gasteiger partial charge on any atom is 0.302 e. The van der Waals surface area contributed by atoms with Crippen molar-refractivity contribution in [1.29, 1.82) is 0 Å². The van der Waals surface area contributed by atoms with Crippen LogP contribution in [0.4, 0.5) is 11.4 Å². The van der Waals surface area contributed by atoms with E-state index in [9.17, 15) is 9.59 Å². The highest BCUT2D eigenvalue weighted by atomic mass is 35.5. The molecule has 4 fully saturated rings. The van der Waals surface area contributed by atoms with Crippen LogP contribution < -0.4 is 21.3 Å².